The van der Waals surface area contributed by atoms with Gasteiger partial charge in [0.1, 0.15) is 0 Å². The number of thioether (sulfide) groups is 1. The fourth-order valence-corrected chi connectivity index (χ4v) is 2.27. The Morgan fingerprint density at radius 2 is 2.36 bits per heavy atom. The first-order valence-electron chi connectivity index (χ1n) is 6.65. The van der Waals surface area contributed by atoms with Crippen LogP contribution in [0.3, 0.4) is 0 Å². The van der Waals surface area contributed by atoms with Gasteiger partial charge in [0.25, 0.3) is 0 Å². The summed E-state index contributed by atoms with van der Waals surface area (Å²) in [5.74, 6) is 2.32. The van der Waals surface area contributed by atoms with Crippen LogP contribution in [0.4, 0.5) is 0 Å². The van der Waals surface area contributed by atoms with Crippen LogP contribution in [0.1, 0.15) is 11.4 Å². The van der Waals surface area contributed by atoms with E-state index >= 15 is 0 Å². The number of nitrogens with one attached hydrogen (secondary N) is 4. The quantitative estimate of drug-likeness (QED) is 0.283. The van der Waals surface area contributed by atoms with Crippen molar-refractivity contribution in [3.8, 4) is 6.19 Å². The van der Waals surface area contributed by atoms with Crippen LogP contribution < -0.4 is 10.6 Å². The lowest BCUT2D eigenvalue weighted by molar-refractivity contribution is 0.917. The van der Waals surface area contributed by atoms with E-state index in [1.54, 1.807) is 50.1 Å². The van der Waals surface area contributed by atoms with Crippen LogP contribution in [0.25, 0.3) is 0 Å². The zero-order valence-electron chi connectivity index (χ0n) is 12.6. The molecule has 2 aromatic rings. The van der Waals surface area contributed by atoms with Crippen LogP contribution in [-0.2, 0) is 5.75 Å². The average molecular weight is 320 g/mol. The molecule has 0 radical (unpaired) electrons. The molecule has 2 heterocycles. The summed E-state index contributed by atoms with van der Waals surface area (Å²) in [6.07, 6.45) is 8.53. The molecule has 0 saturated heterocycles. The van der Waals surface area contributed by atoms with Crippen LogP contribution >= 0.6 is 11.8 Å². The lowest BCUT2D eigenvalue weighted by atomic mass is 10.4. The maximum Gasteiger partial charge on any atom is 0.209 e. The van der Waals surface area contributed by atoms with Gasteiger partial charge in [-0.15, -0.1) is 4.99 Å². The van der Waals surface area contributed by atoms with Crippen LogP contribution in [0.2, 0.25) is 0 Å². The lowest BCUT2D eigenvalue weighted by Gasteiger charge is -2.06. The Balaban J connectivity index is 0.000000406. The summed E-state index contributed by atoms with van der Waals surface area (Å²) >= 11 is 1.79. The molecule has 0 unspecified atom stereocenters. The van der Waals surface area contributed by atoms with Crippen LogP contribution in [0.15, 0.2) is 30.0 Å². The van der Waals surface area contributed by atoms with Gasteiger partial charge in [0.15, 0.2) is 0 Å². The molecule has 0 aliphatic heterocycles. The van der Waals surface area contributed by atoms with Crippen molar-refractivity contribution < 1.29 is 0 Å². The van der Waals surface area contributed by atoms with E-state index < -0.39 is 0 Å². The highest BCUT2D eigenvalue weighted by Crippen LogP contribution is 2.11. The molecule has 0 spiro atoms. The number of H-pyrrole nitrogens is 2. The summed E-state index contributed by atoms with van der Waals surface area (Å²) in [5, 5.41) is 14.2. The Morgan fingerprint density at radius 1 is 1.50 bits per heavy atom. The molecule has 2 aromatic heterocycles. The summed E-state index contributed by atoms with van der Waals surface area (Å²) in [6, 6.07) is 0. The molecule has 22 heavy (non-hydrogen) atoms. The van der Waals surface area contributed by atoms with Gasteiger partial charge in [-0.05, 0) is 6.92 Å². The molecule has 0 saturated carbocycles. The number of rotatable bonds is 5. The monoisotopic (exact) mass is 320 g/mol. The fourth-order valence-electron chi connectivity index (χ4n) is 1.39. The molecule has 0 fully saturated rings. The Hall–Kier alpha value is -2.47. The molecule has 0 aromatic carbocycles. The van der Waals surface area contributed by atoms with Crippen molar-refractivity contribution in [2.75, 3.05) is 19.3 Å². The number of aromatic amines is 2. The Labute approximate surface area is 133 Å². The number of imidazole rings is 2. The van der Waals surface area contributed by atoms with Gasteiger partial charge < -0.3 is 20.6 Å². The predicted molar refractivity (Wildman–Crippen MR) is 88.2 cm³/mol. The molecule has 2 rings (SSSR count). The first-order valence-corrected chi connectivity index (χ1v) is 7.81. The minimum atomic E-state index is 0.504. The van der Waals surface area contributed by atoms with Crippen molar-refractivity contribution in [1.82, 2.24) is 30.6 Å². The van der Waals surface area contributed by atoms with Gasteiger partial charge in [0, 0.05) is 43.2 Å². The van der Waals surface area contributed by atoms with Gasteiger partial charge in [0.2, 0.25) is 12.2 Å². The third-order valence-corrected chi connectivity index (χ3v) is 3.49. The van der Waals surface area contributed by atoms with E-state index in [1.807, 2.05) is 6.92 Å². The van der Waals surface area contributed by atoms with Gasteiger partial charge in [-0.1, -0.05) is 0 Å². The minimum absolute atomic E-state index is 0.504. The van der Waals surface area contributed by atoms with E-state index in [4.69, 9.17) is 5.26 Å². The van der Waals surface area contributed by atoms with Gasteiger partial charge in [-0.25, -0.2) is 9.97 Å². The summed E-state index contributed by atoms with van der Waals surface area (Å²) in [4.78, 5) is 17.3. The first kappa shape index (κ1) is 17.6. The van der Waals surface area contributed by atoms with Crippen molar-refractivity contribution in [3.63, 3.8) is 0 Å². The number of guanidine groups is 1. The topological polar surface area (TPSA) is 118 Å². The number of aromatic nitrogens is 4. The Morgan fingerprint density at radius 3 is 2.86 bits per heavy atom. The summed E-state index contributed by atoms with van der Waals surface area (Å²) in [6.45, 7) is 2.77. The van der Waals surface area contributed by atoms with Gasteiger partial charge in [-0.3, -0.25) is 0 Å². The largest absolute Gasteiger partial charge is 0.359 e. The normalized spacial score (nSPS) is 10.3. The highest BCUT2D eigenvalue weighted by atomic mass is 32.2. The molecule has 118 valence electrons. The zero-order chi connectivity index (χ0) is 16.0. The smallest absolute Gasteiger partial charge is 0.209 e. The highest BCUT2D eigenvalue weighted by Gasteiger charge is 2.00. The summed E-state index contributed by atoms with van der Waals surface area (Å²) < 4.78 is 0. The van der Waals surface area contributed by atoms with E-state index in [-0.39, 0.29) is 0 Å². The summed E-state index contributed by atoms with van der Waals surface area (Å²) in [5.41, 5.74) is 2.21. The zero-order valence-corrected chi connectivity index (χ0v) is 13.4. The molecule has 0 atom stereocenters. The van der Waals surface area contributed by atoms with Gasteiger partial charge in [-0.2, -0.15) is 17.0 Å². The third kappa shape index (κ3) is 7.35. The lowest BCUT2D eigenvalue weighted by Crippen LogP contribution is -2.35. The van der Waals surface area contributed by atoms with E-state index in [2.05, 4.69) is 35.6 Å². The van der Waals surface area contributed by atoms with Crippen LogP contribution in [0.5, 0.6) is 0 Å². The van der Waals surface area contributed by atoms with Crippen molar-refractivity contribution in [3.05, 3.63) is 36.4 Å². The highest BCUT2D eigenvalue weighted by molar-refractivity contribution is 7.98. The van der Waals surface area contributed by atoms with E-state index in [0.717, 1.165) is 29.4 Å². The van der Waals surface area contributed by atoms with Crippen molar-refractivity contribution >= 4 is 17.7 Å². The second-order valence-electron chi connectivity index (χ2n) is 4.02. The second-order valence-corrected chi connectivity index (χ2v) is 5.13. The molecule has 0 aliphatic rings. The SMILES string of the molecule is CN/C(=N/C#N)NCCSCc1nc[nH]c1C.c1c[nH]cn1. The molecular formula is C13H20N8S. The maximum absolute atomic E-state index is 8.39. The van der Waals surface area contributed by atoms with Crippen molar-refractivity contribution in [2.45, 2.75) is 12.7 Å². The summed E-state index contributed by atoms with van der Waals surface area (Å²) in [7, 11) is 1.73. The second kappa shape index (κ2) is 11.2. The number of aliphatic imine (C=N–C) groups is 1. The Bertz CT molecular complexity index is 552. The number of hydrogen-bond donors (Lipinski definition) is 4. The van der Waals surface area contributed by atoms with E-state index in [0.29, 0.717) is 5.96 Å². The maximum atomic E-state index is 8.39. The molecule has 9 heteroatoms. The van der Waals surface area contributed by atoms with Gasteiger partial charge in [0.05, 0.1) is 18.3 Å². The number of hydrogen-bond acceptors (Lipinski definition) is 5. The van der Waals surface area contributed by atoms with Crippen molar-refractivity contribution in [1.29, 1.82) is 5.26 Å². The molecule has 0 aliphatic carbocycles. The molecule has 4 N–H and O–H groups in total. The standard InChI is InChI=1S/C10H16N6S.C3H4N2/c1-8-9(16-7-15-8)5-17-4-3-13-10(12-2)14-6-11;1-2-5-3-4-1/h7H,3-5H2,1-2H3,(H,15,16)(H2,12,13,14);1-3H,(H,4,5). The third-order valence-electron chi connectivity index (χ3n) is 2.52. The number of nitrogens with zero attached hydrogens (tertiary/aromatic N) is 4. The van der Waals surface area contributed by atoms with E-state index in [1.165, 1.54) is 0 Å². The first-order chi connectivity index (χ1) is 10.8. The van der Waals surface area contributed by atoms with Gasteiger partial charge >= 0.3 is 0 Å². The Kier molecular flexibility index (Phi) is 8.96. The molecule has 0 amide bonds. The molecule has 0 bridgehead atoms. The average Bonchev–Trinajstić information content (AvgIpc) is 3.21. The van der Waals surface area contributed by atoms with E-state index in [9.17, 15) is 0 Å². The predicted octanol–water partition coefficient (Wildman–Crippen LogP) is 1.01. The van der Waals surface area contributed by atoms with Crippen molar-refractivity contribution in [2.24, 2.45) is 4.99 Å². The molecule has 8 nitrogen and oxygen atoms in total. The number of aryl methyl sites for hydroxylation is 1. The fraction of sp³-hybridized carbons (Fsp3) is 0.385. The molecular weight excluding hydrogens is 300 g/mol. The van der Waals surface area contributed by atoms with Crippen LogP contribution in [0, 0.1) is 18.4 Å². The minimum Gasteiger partial charge on any atom is -0.359 e. The number of nitriles is 1. The van der Waals surface area contributed by atoms with Crippen LogP contribution in [-0.4, -0.2) is 45.2 Å².